The van der Waals surface area contributed by atoms with E-state index < -0.39 is 0 Å². The van der Waals surface area contributed by atoms with Crippen LogP contribution in [0.4, 0.5) is 0 Å². The van der Waals surface area contributed by atoms with Crippen LogP contribution in [0, 0.1) is 5.92 Å². The van der Waals surface area contributed by atoms with Crippen LogP contribution in [-0.2, 0) is 4.74 Å². The van der Waals surface area contributed by atoms with Crippen molar-refractivity contribution < 1.29 is 4.74 Å². The molecule has 0 aliphatic carbocycles. The van der Waals surface area contributed by atoms with Crippen LogP contribution in [0.25, 0.3) is 10.8 Å². The summed E-state index contributed by atoms with van der Waals surface area (Å²) in [6, 6.07) is 15.5. The largest absolute Gasteiger partial charge is 0.376 e. The van der Waals surface area contributed by atoms with Crippen molar-refractivity contribution >= 4 is 10.8 Å². The normalized spacial score (nSPS) is 24.1. The van der Waals surface area contributed by atoms with E-state index in [2.05, 4.69) is 61.6 Å². The summed E-state index contributed by atoms with van der Waals surface area (Å²) in [6.45, 7) is 6.31. The lowest BCUT2D eigenvalue weighted by molar-refractivity contribution is 0.0616. The minimum atomic E-state index is 0.278. The van der Waals surface area contributed by atoms with Crippen LogP contribution < -0.4 is 5.32 Å². The highest BCUT2D eigenvalue weighted by molar-refractivity contribution is 5.86. The molecule has 2 aromatic carbocycles. The molecule has 1 fully saturated rings. The van der Waals surface area contributed by atoms with Gasteiger partial charge in [-0.15, -0.1) is 0 Å². The van der Waals surface area contributed by atoms with E-state index in [1.807, 2.05) is 0 Å². The van der Waals surface area contributed by atoms with Crippen LogP contribution in [0.1, 0.15) is 31.9 Å². The van der Waals surface area contributed by atoms with Crippen LogP contribution in [0.15, 0.2) is 42.5 Å². The number of fused-ring (bicyclic) bond motifs is 1. The molecule has 2 nitrogen and oxygen atoms in total. The molecule has 3 rings (SSSR count). The highest BCUT2D eigenvalue weighted by atomic mass is 16.5. The summed E-state index contributed by atoms with van der Waals surface area (Å²) in [7, 11) is 0. The molecule has 3 atom stereocenters. The van der Waals surface area contributed by atoms with Gasteiger partial charge in [-0.25, -0.2) is 0 Å². The molecule has 0 radical (unpaired) electrons. The SMILES string of the molecule is CCNC(c1cccc2ccccc12)C1OCCC1C. The van der Waals surface area contributed by atoms with Crippen LogP contribution in [0.5, 0.6) is 0 Å². The maximum absolute atomic E-state index is 6.02. The molecule has 2 heteroatoms. The first-order chi connectivity index (χ1) is 9.81. The Bertz CT molecular complexity index is 575. The maximum atomic E-state index is 6.02. The minimum Gasteiger partial charge on any atom is -0.376 e. The summed E-state index contributed by atoms with van der Waals surface area (Å²) in [6.07, 6.45) is 1.44. The molecule has 0 saturated carbocycles. The first-order valence-corrected chi connectivity index (χ1v) is 7.64. The number of rotatable bonds is 4. The van der Waals surface area contributed by atoms with Gasteiger partial charge in [0.05, 0.1) is 12.1 Å². The predicted octanol–water partition coefficient (Wildman–Crippen LogP) is 3.92. The fraction of sp³-hybridized carbons (Fsp3) is 0.444. The Morgan fingerprint density at radius 2 is 2.00 bits per heavy atom. The predicted molar refractivity (Wildman–Crippen MR) is 83.9 cm³/mol. The van der Waals surface area contributed by atoms with Gasteiger partial charge in [0, 0.05) is 6.61 Å². The van der Waals surface area contributed by atoms with E-state index in [0.717, 1.165) is 19.6 Å². The Kier molecular flexibility index (Phi) is 4.04. The monoisotopic (exact) mass is 269 g/mol. The quantitative estimate of drug-likeness (QED) is 0.908. The molecule has 1 N–H and O–H groups in total. The summed E-state index contributed by atoms with van der Waals surface area (Å²) in [5.41, 5.74) is 1.36. The molecule has 1 aliphatic rings. The summed E-state index contributed by atoms with van der Waals surface area (Å²) in [4.78, 5) is 0. The van der Waals surface area contributed by atoms with Crippen molar-refractivity contribution in [3.63, 3.8) is 0 Å². The number of hydrogen-bond acceptors (Lipinski definition) is 2. The Morgan fingerprint density at radius 3 is 2.75 bits per heavy atom. The van der Waals surface area contributed by atoms with E-state index in [0.29, 0.717) is 5.92 Å². The first kappa shape index (κ1) is 13.6. The molecule has 0 amide bonds. The molecule has 1 saturated heterocycles. The number of ether oxygens (including phenoxy) is 1. The van der Waals surface area contributed by atoms with Gasteiger partial charge in [0.1, 0.15) is 0 Å². The summed E-state index contributed by atoms with van der Waals surface area (Å²) in [5.74, 6) is 0.609. The third kappa shape index (κ3) is 2.46. The molecule has 106 valence electrons. The fourth-order valence-electron chi connectivity index (χ4n) is 3.29. The number of likely N-dealkylation sites (N-methyl/N-ethyl adjacent to an activating group) is 1. The Balaban J connectivity index is 2.05. The lowest BCUT2D eigenvalue weighted by Gasteiger charge is -2.28. The van der Waals surface area contributed by atoms with Crippen molar-refractivity contribution in [3.05, 3.63) is 48.0 Å². The molecule has 1 aliphatic heterocycles. The molecular weight excluding hydrogens is 246 g/mol. The van der Waals surface area contributed by atoms with E-state index in [4.69, 9.17) is 4.74 Å². The van der Waals surface area contributed by atoms with Gasteiger partial charge in [-0.3, -0.25) is 0 Å². The minimum absolute atomic E-state index is 0.278. The third-order valence-electron chi connectivity index (χ3n) is 4.36. The molecule has 0 spiro atoms. The second kappa shape index (κ2) is 5.94. The maximum Gasteiger partial charge on any atom is 0.0796 e. The average Bonchev–Trinajstić information content (AvgIpc) is 2.90. The Hall–Kier alpha value is -1.38. The summed E-state index contributed by atoms with van der Waals surface area (Å²) in [5, 5.41) is 6.28. The topological polar surface area (TPSA) is 21.3 Å². The molecule has 20 heavy (non-hydrogen) atoms. The highest BCUT2D eigenvalue weighted by Crippen LogP contribution is 2.34. The number of hydrogen-bond donors (Lipinski definition) is 1. The van der Waals surface area contributed by atoms with Crippen LogP contribution in [-0.4, -0.2) is 19.3 Å². The smallest absolute Gasteiger partial charge is 0.0796 e. The molecular formula is C18H23NO. The fourth-order valence-corrected chi connectivity index (χ4v) is 3.29. The summed E-state index contributed by atoms with van der Waals surface area (Å²) < 4.78 is 6.02. The van der Waals surface area contributed by atoms with Crippen molar-refractivity contribution in [2.45, 2.75) is 32.4 Å². The van der Waals surface area contributed by atoms with Gasteiger partial charge in [-0.05, 0) is 35.2 Å². The zero-order chi connectivity index (χ0) is 13.9. The van der Waals surface area contributed by atoms with Crippen LogP contribution >= 0.6 is 0 Å². The number of benzene rings is 2. The average molecular weight is 269 g/mol. The number of nitrogens with one attached hydrogen (secondary N) is 1. The molecule has 1 heterocycles. The van der Waals surface area contributed by atoms with E-state index >= 15 is 0 Å². The highest BCUT2D eigenvalue weighted by Gasteiger charge is 2.33. The molecule has 0 aromatic heterocycles. The van der Waals surface area contributed by atoms with Crippen molar-refractivity contribution in [2.75, 3.05) is 13.2 Å². The van der Waals surface area contributed by atoms with E-state index in [1.165, 1.54) is 16.3 Å². The Labute approximate surface area is 121 Å². The van der Waals surface area contributed by atoms with Crippen molar-refractivity contribution in [1.29, 1.82) is 0 Å². The summed E-state index contributed by atoms with van der Waals surface area (Å²) >= 11 is 0. The van der Waals surface area contributed by atoms with Crippen molar-refractivity contribution in [1.82, 2.24) is 5.32 Å². The van der Waals surface area contributed by atoms with Gasteiger partial charge in [-0.1, -0.05) is 56.3 Å². The Morgan fingerprint density at radius 1 is 1.20 bits per heavy atom. The van der Waals surface area contributed by atoms with E-state index in [-0.39, 0.29) is 12.1 Å². The van der Waals surface area contributed by atoms with E-state index in [1.54, 1.807) is 0 Å². The van der Waals surface area contributed by atoms with Gasteiger partial charge in [0.25, 0.3) is 0 Å². The zero-order valence-electron chi connectivity index (χ0n) is 12.3. The third-order valence-corrected chi connectivity index (χ3v) is 4.36. The second-order valence-electron chi connectivity index (χ2n) is 5.71. The lowest BCUT2D eigenvalue weighted by atomic mass is 9.89. The van der Waals surface area contributed by atoms with Crippen molar-refractivity contribution in [3.8, 4) is 0 Å². The molecule has 2 aromatic rings. The lowest BCUT2D eigenvalue weighted by Crippen LogP contribution is -2.34. The standard InChI is InChI=1S/C18H23NO/c1-3-19-17(18-13(2)11-12-20-18)16-10-6-8-14-7-4-5-9-15(14)16/h4-10,13,17-19H,3,11-12H2,1-2H3. The van der Waals surface area contributed by atoms with Gasteiger partial charge in [-0.2, -0.15) is 0 Å². The molecule has 3 unspecified atom stereocenters. The van der Waals surface area contributed by atoms with Gasteiger partial charge >= 0.3 is 0 Å². The van der Waals surface area contributed by atoms with Crippen LogP contribution in [0.3, 0.4) is 0 Å². The first-order valence-electron chi connectivity index (χ1n) is 7.64. The van der Waals surface area contributed by atoms with Gasteiger partial charge < -0.3 is 10.1 Å². The zero-order valence-corrected chi connectivity index (χ0v) is 12.3. The second-order valence-corrected chi connectivity index (χ2v) is 5.71. The van der Waals surface area contributed by atoms with Crippen LogP contribution in [0.2, 0.25) is 0 Å². The molecule has 0 bridgehead atoms. The van der Waals surface area contributed by atoms with Gasteiger partial charge in [0.2, 0.25) is 0 Å². The van der Waals surface area contributed by atoms with Gasteiger partial charge in [0.15, 0.2) is 0 Å². The van der Waals surface area contributed by atoms with E-state index in [9.17, 15) is 0 Å². The van der Waals surface area contributed by atoms with Crippen molar-refractivity contribution in [2.24, 2.45) is 5.92 Å².